The molecular weight excluding hydrogens is 402 g/mol. The number of hydrogen-bond acceptors (Lipinski definition) is 9. The van der Waals surface area contributed by atoms with Crippen molar-refractivity contribution in [3.63, 3.8) is 0 Å². The van der Waals surface area contributed by atoms with Crippen molar-refractivity contribution >= 4 is 35.4 Å². The lowest BCUT2D eigenvalue weighted by molar-refractivity contribution is -0.143. The first-order valence-electron chi connectivity index (χ1n) is 9.05. The molecule has 0 aliphatic carbocycles. The number of ketones is 2. The molecule has 3 unspecified atom stereocenters. The van der Waals surface area contributed by atoms with Crippen LogP contribution in [0.5, 0.6) is 0 Å². The lowest BCUT2D eigenvalue weighted by atomic mass is 10.1. The molecular formula is C18H31N3O9. The second kappa shape index (κ2) is 16.0. The highest BCUT2D eigenvalue weighted by Crippen LogP contribution is 1.99. The topological polar surface area (TPSA) is 188 Å². The van der Waals surface area contributed by atoms with Crippen LogP contribution >= 0.6 is 0 Å². The second-order valence-corrected chi connectivity index (χ2v) is 6.32. The monoisotopic (exact) mass is 433 g/mol. The molecule has 12 nitrogen and oxygen atoms in total. The number of likely N-dealkylation sites (N-methyl/N-ethyl adjacent to an activating group) is 2. The standard InChI is InChI=1S/C10H16N2O6.C8H15NO3/c1-5(13)6(4-9(15)16)12-8(14)3-7(11-2)10(17)18;1-6(10)4-5-7(9-2)8(11)12-3/h6-7,11H,3-4H2,1-2H3,(H,12,14)(H,15,16)(H,17,18);7,9H,4-5H2,1-3H3. The molecule has 0 radical (unpaired) electrons. The van der Waals surface area contributed by atoms with Crippen LogP contribution in [-0.2, 0) is 33.5 Å². The van der Waals surface area contributed by atoms with Crippen molar-refractivity contribution in [2.75, 3.05) is 21.2 Å². The molecule has 0 rings (SSSR count). The van der Waals surface area contributed by atoms with E-state index in [4.69, 9.17) is 10.2 Å². The third kappa shape index (κ3) is 14.2. The molecule has 0 aliphatic rings. The van der Waals surface area contributed by atoms with Crippen molar-refractivity contribution in [3.05, 3.63) is 0 Å². The first kappa shape index (κ1) is 29.3. The largest absolute Gasteiger partial charge is 0.481 e. The Kier molecular flexibility index (Phi) is 15.6. The molecule has 0 spiro atoms. The highest BCUT2D eigenvalue weighted by atomic mass is 16.5. The van der Waals surface area contributed by atoms with Crippen molar-refractivity contribution in [1.82, 2.24) is 16.0 Å². The summed E-state index contributed by atoms with van der Waals surface area (Å²) >= 11 is 0. The van der Waals surface area contributed by atoms with E-state index in [0.29, 0.717) is 12.8 Å². The van der Waals surface area contributed by atoms with Crippen LogP contribution in [0.3, 0.4) is 0 Å². The van der Waals surface area contributed by atoms with Crippen LogP contribution in [-0.4, -0.2) is 84.9 Å². The molecule has 3 atom stereocenters. The number of methoxy groups -OCH3 is 1. The molecule has 0 saturated heterocycles. The van der Waals surface area contributed by atoms with Gasteiger partial charge >= 0.3 is 17.9 Å². The van der Waals surface area contributed by atoms with E-state index in [1.165, 1.54) is 21.1 Å². The highest BCUT2D eigenvalue weighted by Gasteiger charge is 2.24. The Bertz CT molecular complexity index is 622. The number of carboxylic acids is 2. The second-order valence-electron chi connectivity index (χ2n) is 6.32. The molecule has 0 aliphatic heterocycles. The summed E-state index contributed by atoms with van der Waals surface area (Å²) in [4.78, 5) is 65.2. The zero-order valence-electron chi connectivity index (χ0n) is 17.8. The smallest absolute Gasteiger partial charge is 0.322 e. The van der Waals surface area contributed by atoms with Crippen molar-refractivity contribution < 1.29 is 43.7 Å². The van der Waals surface area contributed by atoms with Gasteiger partial charge < -0.3 is 35.7 Å². The average Bonchev–Trinajstić information content (AvgIpc) is 2.65. The van der Waals surface area contributed by atoms with Crippen molar-refractivity contribution in [1.29, 1.82) is 0 Å². The summed E-state index contributed by atoms with van der Waals surface area (Å²) in [5, 5.41) is 24.6. The van der Waals surface area contributed by atoms with E-state index in [-0.39, 0.29) is 24.2 Å². The Morgan fingerprint density at radius 1 is 0.867 bits per heavy atom. The summed E-state index contributed by atoms with van der Waals surface area (Å²) in [6.07, 6.45) is -0.00723. The van der Waals surface area contributed by atoms with Crippen LogP contribution in [0.25, 0.3) is 0 Å². The number of Topliss-reactive ketones (excluding diaryl/α,β-unsaturated/α-hetero) is 2. The van der Waals surface area contributed by atoms with Crippen LogP contribution in [0.2, 0.25) is 0 Å². The van der Waals surface area contributed by atoms with Gasteiger partial charge in [0.2, 0.25) is 5.91 Å². The van der Waals surface area contributed by atoms with E-state index < -0.39 is 42.1 Å². The fourth-order valence-corrected chi connectivity index (χ4v) is 2.09. The number of rotatable bonds is 13. The van der Waals surface area contributed by atoms with Crippen LogP contribution in [0.1, 0.15) is 39.5 Å². The lowest BCUT2D eigenvalue weighted by Gasteiger charge is -2.16. The maximum atomic E-state index is 11.5. The molecule has 12 heteroatoms. The number of ether oxygens (including phenoxy) is 1. The maximum Gasteiger partial charge on any atom is 0.322 e. The van der Waals surface area contributed by atoms with E-state index in [1.807, 2.05) is 0 Å². The Balaban J connectivity index is 0. The number of hydrogen-bond donors (Lipinski definition) is 5. The minimum atomic E-state index is -1.22. The van der Waals surface area contributed by atoms with Gasteiger partial charge in [0.05, 0.1) is 26.0 Å². The predicted molar refractivity (Wildman–Crippen MR) is 105 cm³/mol. The number of nitrogens with one attached hydrogen (secondary N) is 3. The fourth-order valence-electron chi connectivity index (χ4n) is 2.09. The van der Waals surface area contributed by atoms with E-state index >= 15 is 0 Å². The number of aliphatic carboxylic acids is 2. The highest BCUT2D eigenvalue weighted by molar-refractivity contribution is 5.92. The van der Waals surface area contributed by atoms with Crippen molar-refractivity contribution in [2.45, 2.75) is 57.7 Å². The molecule has 0 fully saturated rings. The van der Waals surface area contributed by atoms with Crippen LogP contribution in [0.4, 0.5) is 0 Å². The first-order chi connectivity index (χ1) is 13.9. The van der Waals surface area contributed by atoms with Crippen LogP contribution in [0, 0.1) is 0 Å². The summed E-state index contributed by atoms with van der Waals surface area (Å²) in [7, 11) is 4.38. The summed E-state index contributed by atoms with van der Waals surface area (Å²) in [6.45, 7) is 2.66. The zero-order valence-corrected chi connectivity index (χ0v) is 17.8. The fraction of sp³-hybridized carbons (Fsp3) is 0.667. The van der Waals surface area contributed by atoms with Gasteiger partial charge in [-0.05, 0) is 34.4 Å². The lowest BCUT2D eigenvalue weighted by Crippen LogP contribution is -2.45. The molecule has 0 bridgehead atoms. The molecule has 172 valence electrons. The molecule has 0 aromatic heterocycles. The summed E-state index contributed by atoms with van der Waals surface area (Å²) in [6, 6.07) is -2.58. The normalized spacial score (nSPS) is 13.0. The molecule has 0 aromatic carbocycles. The van der Waals surface area contributed by atoms with Gasteiger partial charge in [0.25, 0.3) is 0 Å². The molecule has 0 saturated carbocycles. The van der Waals surface area contributed by atoms with Crippen LogP contribution in [0.15, 0.2) is 0 Å². The Labute approximate surface area is 174 Å². The number of carbonyl (C=O) groups excluding carboxylic acids is 4. The molecule has 0 heterocycles. The van der Waals surface area contributed by atoms with Gasteiger partial charge in [0.15, 0.2) is 5.78 Å². The number of carbonyl (C=O) groups is 6. The minimum absolute atomic E-state index is 0.0825. The van der Waals surface area contributed by atoms with Crippen molar-refractivity contribution in [2.24, 2.45) is 0 Å². The third-order valence-corrected chi connectivity index (χ3v) is 3.86. The van der Waals surface area contributed by atoms with Gasteiger partial charge in [-0.15, -0.1) is 0 Å². The molecule has 30 heavy (non-hydrogen) atoms. The van der Waals surface area contributed by atoms with Gasteiger partial charge in [-0.3, -0.25) is 24.0 Å². The van der Waals surface area contributed by atoms with Gasteiger partial charge in [-0.1, -0.05) is 0 Å². The van der Waals surface area contributed by atoms with E-state index in [2.05, 4.69) is 20.7 Å². The SMILES string of the molecule is CNC(CC(=O)NC(CC(=O)O)C(C)=O)C(=O)O.CNC(CCC(C)=O)C(=O)OC. The first-order valence-corrected chi connectivity index (χ1v) is 9.05. The number of amides is 1. The molecule has 5 N–H and O–H groups in total. The van der Waals surface area contributed by atoms with Gasteiger partial charge in [-0.25, -0.2) is 0 Å². The van der Waals surface area contributed by atoms with Crippen LogP contribution < -0.4 is 16.0 Å². The number of esters is 1. The zero-order chi connectivity index (χ0) is 23.9. The quantitative estimate of drug-likeness (QED) is 0.217. The Hall–Kier alpha value is -2.86. The number of carboxylic acid groups (broad SMARTS) is 2. The molecule has 1 amide bonds. The Morgan fingerprint density at radius 3 is 1.73 bits per heavy atom. The van der Waals surface area contributed by atoms with E-state index in [0.717, 1.165) is 6.92 Å². The average molecular weight is 433 g/mol. The summed E-state index contributed by atoms with van der Waals surface area (Å²) in [5.41, 5.74) is 0. The van der Waals surface area contributed by atoms with Crippen molar-refractivity contribution in [3.8, 4) is 0 Å². The minimum Gasteiger partial charge on any atom is -0.481 e. The van der Waals surface area contributed by atoms with Gasteiger partial charge in [0, 0.05) is 6.42 Å². The van der Waals surface area contributed by atoms with Gasteiger partial charge in [0.1, 0.15) is 17.9 Å². The Morgan fingerprint density at radius 2 is 1.40 bits per heavy atom. The van der Waals surface area contributed by atoms with E-state index in [1.54, 1.807) is 7.05 Å². The summed E-state index contributed by atoms with van der Waals surface area (Å²) in [5.74, 6) is -3.86. The van der Waals surface area contributed by atoms with Gasteiger partial charge in [-0.2, -0.15) is 0 Å². The predicted octanol–water partition coefficient (Wildman–Crippen LogP) is -1.29. The summed E-state index contributed by atoms with van der Waals surface area (Å²) < 4.78 is 4.52. The third-order valence-electron chi connectivity index (χ3n) is 3.86. The van der Waals surface area contributed by atoms with E-state index in [9.17, 15) is 28.8 Å². The maximum absolute atomic E-state index is 11.5. The molecule has 0 aromatic rings.